The maximum atomic E-state index is 11.7. The highest BCUT2D eigenvalue weighted by Crippen LogP contribution is 2.49. The Labute approximate surface area is 119 Å². The number of rotatable bonds is 3. The minimum absolute atomic E-state index is 0.0251. The number of carbonyl (C=O) groups excluding carboxylic acids is 1. The predicted octanol–water partition coefficient (Wildman–Crippen LogP) is 1.69. The van der Waals surface area contributed by atoms with Gasteiger partial charge in [-0.15, -0.1) is 0 Å². The molecule has 1 saturated carbocycles. The number of aromatic nitrogens is 2. The number of nitrogens with one attached hydrogen (secondary N) is 1. The fraction of sp³-hybridized carbons (Fsp3) is 0.786. The van der Waals surface area contributed by atoms with Gasteiger partial charge in [-0.2, -0.15) is 4.98 Å². The lowest BCUT2D eigenvalue weighted by atomic mass is 9.61. The van der Waals surface area contributed by atoms with Crippen molar-refractivity contribution < 1.29 is 9.32 Å². The van der Waals surface area contributed by atoms with Gasteiger partial charge in [0, 0.05) is 18.5 Å². The lowest BCUT2D eigenvalue weighted by Gasteiger charge is -2.45. The Balaban J connectivity index is 2.21. The van der Waals surface area contributed by atoms with Crippen LogP contribution in [0.4, 0.5) is 0 Å². The molecule has 3 atom stereocenters. The van der Waals surface area contributed by atoms with Crippen molar-refractivity contribution >= 4 is 5.91 Å². The van der Waals surface area contributed by atoms with Crippen LogP contribution < -0.4 is 11.1 Å². The Morgan fingerprint density at radius 3 is 2.85 bits per heavy atom. The van der Waals surface area contributed by atoms with Gasteiger partial charge in [-0.05, 0) is 31.1 Å². The molecule has 1 fully saturated rings. The molecule has 1 aromatic rings. The van der Waals surface area contributed by atoms with E-state index in [9.17, 15) is 4.79 Å². The summed E-state index contributed by atoms with van der Waals surface area (Å²) in [6, 6.07) is 0.201. The highest BCUT2D eigenvalue weighted by atomic mass is 16.5. The number of hydrogen-bond donors (Lipinski definition) is 2. The third-order valence-electron chi connectivity index (χ3n) is 4.78. The molecule has 6 heteroatoms. The Morgan fingerprint density at radius 1 is 1.50 bits per heavy atom. The lowest BCUT2D eigenvalue weighted by Crippen LogP contribution is -2.45. The van der Waals surface area contributed by atoms with E-state index in [1.807, 2.05) is 6.92 Å². The molecular formula is C14H24N4O2. The van der Waals surface area contributed by atoms with Gasteiger partial charge in [0.25, 0.3) is 11.7 Å². The minimum atomic E-state index is -0.291. The monoisotopic (exact) mass is 280 g/mol. The zero-order valence-electron chi connectivity index (χ0n) is 12.6. The molecule has 6 nitrogen and oxygen atoms in total. The molecule has 3 N–H and O–H groups in total. The van der Waals surface area contributed by atoms with Crippen LogP contribution in [0.15, 0.2) is 4.52 Å². The summed E-state index contributed by atoms with van der Waals surface area (Å²) in [6.07, 6.45) is 1.85. The van der Waals surface area contributed by atoms with Crippen LogP contribution in [0, 0.1) is 11.3 Å². The second-order valence-corrected chi connectivity index (χ2v) is 6.22. The van der Waals surface area contributed by atoms with Crippen molar-refractivity contribution in [3.05, 3.63) is 11.7 Å². The van der Waals surface area contributed by atoms with Crippen molar-refractivity contribution in [1.82, 2.24) is 15.5 Å². The van der Waals surface area contributed by atoms with Crippen LogP contribution in [0.25, 0.3) is 0 Å². The fourth-order valence-electron chi connectivity index (χ4n) is 3.00. The molecule has 2 rings (SSSR count). The molecule has 0 aromatic carbocycles. The van der Waals surface area contributed by atoms with Gasteiger partial charge in [-0.1, -0.05) is 25.9 Å². The first-order valence-corrected chi connectivity index (χ1v) is 7.25. The summed E-state index contributed by atoms with van der Waals surface area (Å²) in [7, 11) is 0. The molecule has 20 heavy (non-hydrogen) atoms. The molecule has 0 radical (unpaired) electrons. The molecule has 3 unspecified atom stereocenters. The van der Waals surface area contributed by atoms with Crippen LogP contribution in [0.2, 0.25) is 0 Å². The SMILES string of the molecule is CCNC(=O)c1noc(C2CCC(N)C(C)C2(C)C)n1. The first kappa shape index (κ1) is 15.0. The molecule has 1 amide bonds. The largest absolute Gasteiger partial charge is 0.349 e. The molecule has 1 aromatic heterocycles. The van der Waals surface area contributed by atoms with Crippen molar-refractivity contribution in [3.8, 4) is 0 Å². The van der Waals surface area contributed by atoms with Crippen LogP contribution in [0.3, 0.4) is 0 Å². The summed E-state index contributed by atoms with van der Waals surface area (Å²) in [4.78, 5) is 16.0. The van der Waals surface area contributed by atoms with E-state index in [1.165, 1.54) is 0 Å². The third-order valence-corrected chi connectivity index (χ3v) is 4.78. The number of amides is 1. The second-order valence-electron chi connectivity index (χ2n) is 6.22. The summed E-state index contributed by atoms with van der Waals surface area (Å²) < 4.78 is 5.33. The Kier molecular flexibility index (Phi) is 4.13. The van der Waals surface area contributed by atoms with E-state index < -0.39 is 0 Å². The van der Waals surface area contributed by atoms with Gasteiger partial charge >= 0.3 is 0 Å². The average Bonchev–Trinajstić information content (AvgIpc) is 2.86. The van der Waals surface area contributed by atoms with Crippen molar-refractivity contribution in [2.24, 2.45) is 17.1 Å². The number of nitrogens with two attached hydrogens (primary N) is 1. The summed E-state index contributed by atoms with van der Waals surface area (Å²) in [5, 5.41) is 6.46. The van der Waals surface area contributed by atoms with Gasteiger partial charge in [-0.25, -0.2) is 0 Å². The second kappa shape index (κ2) is 5.52. The molecular weight excluding hydrogens is 256 g/mol. The zero-order chi connectivity index (χ0) is 14.9. The summed E-state index contributed by atoms with van der Waals surface area (Å²) in [6.45, 7) is 8.92. The van der Waals surface area contributed by atoms with E-state index in [-0.39, 0.29) is 29.1 Å². The zero-order valence-corrected chi connectivity index (χ0v) is 12.6. The first-order chi connectivity index (χ1) is 9.37. The fourth-order valence-corrected chi connectivity index (χ4v) is 3.00. The van der Waals surface area contributed by atoms with Crippen LogP contribution in [-0.2, 0) is 0 Å². The lowest BCUT2D eigenvalue weighted by molar-refractivity contribution is 0.0806. The van der Waals surface area contributed by atoms with E-state index in [0.717, 1.165) is 12.8 Å². The number of nitrogens with zero attached hydrogens (tertiary/aromatic N) is 2. The average molecular weight is 280 g/mol. The van der Waals surface area contributed by atoms with Crippen LogP contribution >= 0.6 is 0 Å². The van der Waals surface area contributed by atoms with Crippen molar-refractivity contribution in [2.75, 3.05) is 6.54 Å². The molecule has 112 valence electrons. The summed E-state index contributed by atoms with van der Waals surface area (Å²) >= 11 is 0. The van der Waals surface area contributed by atoms with E-state index >= 15 is 0 Å². The first-order valence-electron chi connectivity index (χ1n) is 7.25. The minimum Gasteiger partial charge on any atom is -0.349 e. The molecule has 1 heterocycles. The van der Waals surface area contributed by atoms with Crippen molar-refractivity contribution in [2.45, 2.75) is 52.5 Å². The summed E-state index contributed by atoms with van der Waals surface area (Å²) in [5.41, 5.74) is 6.13. The standard InChI is InChI=1S/C14H24N4O2/c1-5-16-12(19)11-17-13(20-18-11)9-6-7-10(15)8(2)14(9,3)4/h8-10H,5-7,15H2,1-4H3,(H,16,19). The highest BCUT2D eigenvalue weighted by Gasteiger charge is 2.45. The van der Waals surface area contributed by atoms with Crippen molar-refractivity contribution in [3.63, 3.8) is 0 Å². The highest BCUT2D eigenvalue weighted by molar-refractivity contribution is 5.90. The summed E-state index contributed by atoms with van der Waals surface area (Å²) in [5.74, 6) is 0.880. The Hall–Kier alpha value is -1.43. The molecule has 0 saturated heterocycles. The molecule has 0 spiro atoms. The van der Waals surface area contributed by atoms with Gasteiger partial charge in [0.1, 0.15) is 0 Å². The number of hydrogen-bond acceptors (Lipinski definition) is 5. The molecule has 0 aliphatic heterocycles. The van der Waals surface area contributed by atoms with Crippen LogP contribution in [0.5, 0.6) is 0 Å². The maximum absolute atomic E-state index is 11.7. The van der Waals surface area contributed by atoms with Gasteiger partial charge in [0.2, 0.25) is 5.89 Å². The van der Waals surface area contributed by atoms with E-state index in [1.54, 1.807) is 0 Å². The normalized spacial score (nSPS) is 29.1. The quantitative estimate of drug-likeness (QED) is 0.878. The number of carbonyl (C=O) groups is 1. The molecule has 0 bridgehead atoms. The van der Waals surface area contributed by atoms with Crippen molar-refractivity contribution in [1.29, 1.82) is 0 Å². The van der Waals surface area contributed by atoms with Crippen LogP contribution in [-0.4, -0.2) is 28.6 Å². The van der Waals surface area contributed by atoms with E-state index in [0.29, 0.717) is 18.4 Å². The van der Waals surface area contributed by atoms with E-state index in [2.05, 4.69) is 36.2 Å². The Morgan fingerprint density at radius 2 is 2.20 bits per heavy atom. The smallest absolute Gasteiger partial charge is 0.292 e. The van der Waals surface area contributed by atoms with E-state index in [4.69, 9.17) is 10.3 Å². The van der Waals surface area contributed by atoms with Gasteiger partial charge in [0.15, 0.2) is 0 Å². The maximum Gasteiger partial charge on any atom is 0.292 e. The van der Waals surface area contributed by atoms with Gasteiger partial charge < -0.3 is 15.6 Å². The van der Waals surface area contributed by atoms with Gasteiger partial charge in [0.05, 0.1) is 0 Å². The Bertz CT molecular complexity index is 483. The van der Waals surface area contributed by atoms with Crippen LogP contribution in [0.1, 0.15) is 63.0 Å². The predicted molar refractivity (Wildman–Crippen MR) is 75.2 cm³/mol. The third kappa shape index (κ3) is 2.57. The topological polar surface area (TPSA) is 94.0 Å². The molecule has 1 aliphatic carbocycles. The molecule has 1 aliphatic rings. The van der Waals surface area contributed by atoms with Gasteiger partial charge in [-0.3, -0.25) is 4.79 Å².